The molecule has 0 aromatic heterocycles. The van der Waals surface area contributed by atoms with Crippen molar-refractivity contribution in [1.29, 1.82) is 0 Å². The molecule has 2 aliphatic heterocycles. The SMILES string of the molecule is CC(=O)OC(C)=O.CCOC1CCC2(C1)OC(=O)C(c1ccc(Cl)cc1Cl)=C2O.CCOC1CCC2(C1)OC(=O)C(c1ccc(Cl)cc1Cl)=C2OC(C)=O. The van der Waals surface area contributed by atoms with Crippen LogP contribution in [-0.2, 0) is 52.4 Å². The molecule has 2 spiro atoms. The van der Waals surface area contributed by atoms with Gasteiger partial charge in [-0.2, -0.15) is 0 Å². The Bertz CT molecular complexity index is 1860. The maximum absolute atomic E-state index is 12.6. The Kier molecular flexibility index (Phi) is 14.6. The van der Waals surface area contributed by atoms with Gasteiger partial charge in [-0.05, 0) is 63.8 Å². The molecule has 2 aromatic rings. The summed E-state index contributed by atoms with van der Waals surface area (Å²) < 4.78 is 31.9. The zero-order chi connectivity index (χ0) is 40.0. The van der Waals surface area contributed by atoms with Gasteiger partial charge in [-0.3, -0.25) is 14.4 Å². The van der Waals surface area contributed by atoms with E-state index in [9.17, 15) is 29.1 Å². The molecule has 292 valence electrons. The highest BCUT2D eigenvalue weighted by Gasteiger charge is 2.56. The number of esters is 5. The van der Waals surface area contributed by atoms with E-state index in [4.69, 9.17) is 70.1 Å². The highest BCUT2D eigenvalue weighted by Crippen LogP contribution is 2.50. The summed E-state index contributed by atoms with van der Waals surface area (Å²) in [4.78, 5) is 56.2. The largest absolute Gasteiger partial charge is 0.507 e. The van der Waals surface area contributed by atoms with Gasteiger partial charge in [0, 0.05) is 68.0 Å². The maximum Gasteiger partial charge on any atom is 0.343 e. The minimum atomic E-state index is -0.985. The lowest BCUT2D eigenvalue weighted by Crippen LogP contribution is -2.31. The molecule has 1 N–H and O–H groups in total. The van der Waals surface area contributed by atoms with Gasteiger partial charge >= 0.3 is 29.8 Å². The normalized spacial score (nSPS) is 24.2. The predicted octanol–water partition coefficient (Wildman–Crippen LogP) is 8.40. The number of hydrogen-bond donors (Lipinski definition) is 1. The summed E-state index contributed by atoms with van der Waals surface area (Å²) in [6.07, 6.45) is 3.38. The molecule has 4 unspecified atom stereocenters. The van der Waals surface area contributed by atoms with E-state index in [0.29, 0.717) is 76.5 Å². The van der Waals surface area contributed by atoms with Crippen LogP contribution >= 0.6 is 46.4 Å². The second kappa shape index (κ2) is 18.3. The van der Waals surface area contributed by atoms with Crippen LogP contribution in [-0.4, -0.2) is 71.6 Å². The lowest BCUT2D eigenvalue weighted by Gasteiger charge is -2.25. The van der Waals surface area contributed by atoms with Crippen molar-refractivity contribution in [3.63, 3.8) is 0 Å². The molecule has 0 saturated heterocycles. The Hall–Kier alpha value is -3.65. The number of carbonyl (C=O) groups excluding carboxylic acids is 5. The van der Waals surface area contributed by atoms with Crippen molar-refractivity contribution in [3.05, 3.63) is 79.1 Å². The predicted molar refractivity (Wildman–Crippen MR) is 200 cm³/mol. The summed E-state index contributed by atoms with van der Waals surface area (Å²) >= 11 is 24.2. The minimum Gasteiger partial charge on any atom is -0.507 e. The molecule has 4 aliphatic rings. The van der Waals surface area contributed by atoms with Gasteiger partial charge in [0.2, 0.25) is 0 Å². The summed E-state index contributed by atoms with van der Waals surface area (Å²) in [6, 6.07) is 9.56. The third-order valence-corrected chi connectivity index (χ3v) is 9.98. The molecule has 4 atom stereocenters. The van der Waals surface area contributed by atoms with Crippen LogP contribution in [0, 0.1) is 0 Å². The van der Waals surface area contributed by atoms with E-state index in [1.165, 1.54) is 32.9 Å². The van der Waals surface area contributed by atoms with Crippen molar-refractivity contribution in [1.82, 2.24) is 0 Å². The van der Waals surface area contributed by atoms with Crippen LogP contribution < -0.4 is 0 Å². The molecular weight excluding hydrogens is 790 g/mol. The van der Waals surface area contributed by atoms with Gasteiger partial charge in [-0.15, -0.1) is 0 Å². The van der Waals surface area contributed by atoms with Crippen molar-refractivity contribution < 1.29 is 57.5 Å². The van der Waals surface area contributed by atoms with Gasteiger partial charge in [0.15, 0.2) is 22.7 Å². The molecule has 54 heavy (non-hydrogen) atoms. The second-order valence-electron chi connectivity index (χ2n) is 12.8. The van der Waals surface area contributed by atoms with Gasteiger partial charge in [0.1, 0.15) is 11.1 Å². The molecule has 16 heteroatoms. The van der Waals surface area contributed by atoms with Crippen molar-refractivity contribution in [2.24, 2.45) is 0 Å². The number of rotatable bonds is 7. The minimum absolute atomic E-state index is 0.0139. The monoisotopic (exact) mass is 828 g/mol. The van der Waals surface area contributed by atoms with E-state index in [-0.39, 0.29) is 34.9 Å². The molecule has 2 aromatic carbocycles. The molecule has 0 amide bonds. The van der Waals surface area contributed by atoms with Gasteiger partial charge in [-0.25, -0.2) is 9.59 Å². The quantitative estimate of drug-likeness (QED) is 0.162. The van der Waals surface area contributed by atoms with E-state index < -0.39 is 41.0 Å². The first-order valence-corrected chi connectivity index (χ1v) is 18.6. The summed E-state index contributed by atoms with van der Waals surface area (Å²) in [5.41, 5.74) is -0.794. The number of halogens is 4. The number of aliphatic hydroxyl groups excluding tert-OH is 1. The second-order valence-corrected chi connectivity index (χ2v) is 14.5. The molecule has 6 rings (SSSR count). The van der Waals surface area contributed by atoms with Crippen LogP contribution in [0.1, 0.15) is 84.3 Å². The Balaban J connectivity index is 0.000000206. The van der Waals surface area contributed by atoms with Gasteiger partial charge in [0.05, 0.1) is 22.3 Å². The fourth-order valence-electron chi connectivity index (χ4n) is 6.84. The highest BCUT2D eigenvalue weighted by atomic mass is 35.5. The van der Waals surface area contributed by atoms with Crippen LogP contribution in [0.3, 0.4) is 0 Å². The maximum atomic E-state index is 12.6. The van der Waals surface area contributed by atoms with E-state index in [0.717, 1.165) is 6.42 Å². The van der Waals surface area contributed by atoms with Crippen LogP contribution in [0.2, 0.25) is 20.1 Å². The van der Waals surface area contributed by atoms with Crippen LogP contribution in [0.5, 0.6) is 0 Å². The summed E-state index contributed by atoms with van der Waals surface area (Å²) in [5, 5.41) is 12.1. The zero-order valence-corrected chi connectivity index (χ0v) is 33.2. The van der Waals surface area contributed by atoms with Crippen molar-refractivity contribution >= 4 is 87.4 Å². The summed E-state index contributed by atoms with van der Waals surface area (Å²) in [7, 11) is 0. The first-order valence-electron chi connectivity index (χ1n) is 17.1. The van der Waals surface area contributed by atoms with Crippen molar-refractivity contribution in [2.45, 2.75) is 96.6 Å². The van der Waals surface area contributed by atoms with E-state index in [1.54, 1.807) is 24.3 Å². The van der Waals surface area contributed by atoms with Crippen molar-refractivity contribution in [3.8, 4) is 0 Å². The topological polar surface area (TPSA) is 161 Å². The number of benzene rings is 2. The summed E-state index contributed by atoms with van der Waals surface area (Å²) in [6.45, 7) is 8.64. The lowest BCUT2D eigenvalue weighted by atomic mass is 9.95. The van der Waals surface area contributed by atoms with Crippen molar-refractivity contribution in [2.75, 3.05) is 13.2 Å². The standard InChI is InChI=1S/C18H18Cl2O5.C16H16Cl2O4.C4H6O3/c1-3-23-12-6-7-18(9-12)16(24-10(2)21)15(17(22)25-18)13-5-4-11(19)8-14(13)20;1-2-21-10-5-6-16(8-10)14(19)13(15(20)22-16)11-4-3-9(17)7-12(11)18;1-3(5)7-4(2)6/h4-5,8,12H,3,6-7,9H2,1-2H3;3-4,7,10,19H,2,5-6,8H2,1H3;1-2H3. The fourth-order valence-corrected chi connectivity index (χ4v) is 7.84. The first kappa shape index (κ1) is 43.1. The fraction of sp³-hybridized carbons (Fsp3) is 0.447. The highest BCUT2D eigenvalue weighted by molar-refractivity contribution is 6.38. The van der Waals surface area contributed by atoms with Crippen LogP contribution in [0.25, 0.3) is 11.1 Å². The molecule has 2 saturated carbocycles. The lowest BCUT2D eigenvalue weighted by molar-refractivity contribution is -0.156. The van der Waals surface area contributed by atoms with E-state index in [1.807, 2.05) is 13.8 Å². The Morgan fingerprint density at radius 3 is 1.61 bits per heavy atom. The molecule has 2 fully saturated rings. The van der Waals surface area contributed by atoms with E-state index >= 15 is 0 Å². The molecule has 0 bridgehead atoms. The molecule has 0 radical (unpaired) electrons. The third-order valence-electron chi connectivity index (χ3n) is 8.89. The van der Waals surface area contributed by atoms with Gasteiger partial charge in [0.25, 0.3) is 0 Å². The average molecular weight is 831 g/mol. The Labute approximate surface area is 332 Å². The third kappa shape index (κ3) is 9.96. The smallest absolute Gasteiger partial charge is 0.343 e. The van der Waals surface area contributed by atoms with Gasteiger partial charge < -0.3 is 33.5 Å². The number of ether oxygens (including phenoxy) is 6. The van der Waals surface area contributed by atoms with Gasteiger partial charge in [-0.1, -0.05) is 58.5 Å². The molecule has 2 heterocycles. The average Bonchev–Trinajstić information content (AvgIpc) is 3.79. The number of aliphatic hydroxyl groups is 1. The number of hydrogen-bond acceptors (Lipinski definition) is 12. The van der Waals surface area contributed by atoms with Crippen LogP contribution in [0.4, 0.5) is 0 Å². The molecular formula is C38H40Cl4O12. The zero-order valence-electron chi connectivity index (χ0n) is 30.2. The van der Waals surface area contributed by atoms with Crippen LogP contribution in [0.15, 0.2) is 47.9 Å². The Morgan fingerprint density at radius 2 is 1.17 bits per heavy atom. The molecule has 12 nitrogen and oxygen atoms in total. The summed E-state index contributed by atoms with van der Waals surface area (Å²) in [5.74, 6) is -2.59. The Morgan fingerprint density at radius 1 is 0.722 bits per heavy atom. The van der Waals surface area contributed by atoms with E-state index in [2.05, 4.69) is 4.74 Å². The first-order chi connectivity index (χ1) is 25.5. The molecule has 2 aliphatic carbocycles. The number of carbonyl (C=O) groups is 5.